The highest BCUT2D eigenvalue weighted by Gasteiger charge is 2.24. The van der Waals surface area contributed by atoms with E-state index < -0.39 is 0 Å². The van der Waals surface area contributed by atoms with Gasteiger partial charge in [0, 0.05) is 44.7 Å². The molecular weight excluding hydrogens is 640 g/mol. The van der Waals surface area contributed by atoms with Gasteiger partial charge in [0.1, 0.15) is 5.75 Å². The minimum absolute atomic E-state index is 0.0580. The molecule has 1 saturated carbocycles. The first kappa shape index (κ1) is 33.6. The normalized spacial score (nSPS) is 13.7. The van der Waals surface area contributed by atoms with Crippen molar-refractivity contribution in [3.63, 3.8) is 0 Å². The van der Waals surface area contributed by atoms with Gasteiger partial charge in [0.25, 0.3) is 5.91 Å². The Hall–Kier alpha value is -4.91. The zero-order valence-corrected chi connectivity index (χ0v) is 29.2. The number of amides is 1. The van der Waals surface area contributed by atoms with E-state index in [1.807, 2.05) is 48.5 Å². The molecular formula is C43H43ClN4O2. The summed E-state index contributed by atoms with van der Waals surface area (Å²) in [7, 11) is 1.68. The number of nitrogens with zero attached hydrogens (tertiary/aromatic N) is 1. The molecule has 1 amide bonds. The number of carbonyl (C=O) groups excluding carboxylic acids is 1. The van der Waals surface area contributed by atoms with Crippen molar-refractivity contribution in [1.29, 1.82) is 0 Å². The molecule has 7 heteroatoms. The van der Waals surface area contributed by atoms with Crippen molar-refractivity contribution in [2.75, 3.05) is 20.2 Å². The second-order valence-electron chi connectivity index (χ2n) is 13.1. The number of carbonyl (C=O) groups is 1. The van der Waals surface area contributed by atoms with Gasteiger partial charge in [0.15, 0.2) is 0 Å². The van der Waals surface area contributed by atoms with Gasteiger partial charge >= 0.3 is 0 Å². The van der Waals surface area contributed by atoms with Gasteiger partial charge in [-0.15, -0.1) is 0 Å². The SMILES string of the molecule is COc1ccc(-c2ccc(Cl)cc2)c(-c2ccc3cc(-c4[nH]c5cc(C(=O)NCC/C=C\CCN)ccc5c4C4CCCCC4)ccc3n2)c1. The lowest BCUT2D eigenvalue weighted by Crippen LogP contribution is -2.24. The van der Waals surface area contributed by atoms with E-state index in [9.17, 15) is 4.79 Å². The minimum atomic E-state index is -0.0580. The molecule has 4 N–H and O–H groups in total. The number of methoxy groups -OCH3 is 1. The summed E-state index contributed by atoms with van der Waals surface area (Å²) >= 11 is 6.20. The maximum atomic E-state index is 13.1. The fourth-order valence-electron chi connectivity index (χ4n) is 7.28. The van der Waals surface area contributed by atoms with Crippen molar-refractivity contribution in [2.24, 2.45) is 5.73 Å². The van der Waals surface area contributed by atoms with E-state index in [2.05, 4.69) is 64.9 Å². The molecule has 1 aliphatic carbocycles. The fraction of sp³-hybridized carbons (Fsp3) is 0.256. The summed E-state index contributed by atoms with van der Waals surface area (Å²) in [6.45, 7) is 1.23. The fourth-order valence-corrected chi connectivity index (χ4v) is 7.41. The quantitative estimate of drug-likeness (QED) is 0.0936. The number of ether oxygens (including phenoxy) is 1. The standard InChI is InChI=1S/C43H43ClN4O2/c1-50-34-18-20-35(28-11-16-33(44)17-12-28)37(27-34)39-22-14-30-25-31(15-21-38(30)47-39)42-41(29-9-5-4-6-10-29)36-19-13-32(26-40(36)48-42)43(49)46-24-8-3-2-7-23-45/h2-3,11-22,25-27,29,48H,4-10,23-24,45H2,1H3,(H,46,49)/b3-2-. The van der Waals surface area contributed by atoms with Crippen LogP contribution in [0.25, 0.3) is 55.4 Å². The summed E-state index contributed by atoms with van der Waals surface area (Å²) in [6, 6.07) is 30.9. The first-order chi connectivity index (χ1) is 24.5. The third-order valence-corrected chi connectivity index (χ3v) is 10.1. The molecule has 254 valence electrons. The van der Waals surface area contributed by atoms with Crippen molar-refractivity contribution in [3.8, 4) is 39.4 Å². The van der Waals surface area contributed by atoms with E-state index >= 15 is 0 Å². The second kappa shape index (κ2) is 15.3. The second-order valence-corrected chi connectivity index (χ2v) is 13.6. The number of nitrogens with one attached hydrogen (secondary N) is 2. The number of H-pyrrole nitrogens is 1. The van der Waals surface area contributed by atoms with Crippen LogP contribution in [0.3, 0.4) is 0 Å². The topological polar surface area (TPSA) is 93.0 Å². The van der Waals surface area contributed by atoms with Gasteiger partial charge in [-0.1, -0.05) is 79.4 Å². The van der Waals surface area contributed by atoms with Crippen LogP contribution in [0.15, 0.2) is 103 Å². The molecule has 0 spiro atoms. The summed E-state index contributed by atoms with van der Waals surface area (Å²) in [5.41, 5.74) is 15.8. The predicted molar refractivity (Wildman–Crippen MR) is 207 cm³/mol. The molecule has 6 aromatic rings. The average molecular weight is 683 g/mol. The van der Waals surface area contributed by atoms with Gasteiger partial charge in [0.2, 0.25) is 0 Å². The molecule has 1 fully saturated rings. The number of fused-ring (bicyclic) bond motifs is 2. The molecule has 6 nitrogen and oxygen atoms in total. The third-order valence-electron chi connectivity index (χ3n) is 9.85. The number of benzene rings is 4. The number of halogens is 1. The van der Waals surface area contributed by atoms with E-state index in [4.69, 9.17) is 27.1 Å². The number of hydrogen-bond acceptors (Lipinski definition) is 4. The van der Waals surface area contributed by atoms with E-state index in [0.717, 1.165) is 68.7 Å². The van der Waals surface area contributed by atoms with Crippen molar-refractivity contribution in [1.82, 2.24) is 15.3 Å². The van der Waals surface area contributed by atoms with Crippen molar-refractivity contribution >= 4 is 39.3 Å². The predicted octanol–water partition coefficient (Wildman–Crippen LogP) is 10.5. The lowest BCUT2D eigenvalue weighted by Gasteiger charge is -2.23. The first-order valence-electron chi connectivity index (χ1n) is 17.7. The van der Waals surface area contributed by atoms with Crippen LogP contribution in [-0.4, -0.2) is 36.1 Å². The summed E-state index contributed by atoms with van der Waals surface area (Å²) in [6.07, 6.45) is 11.9. The summed E-state index contributed by atoms with van der Waals surface area (Å²) < 4.78 is 5.60. The van der Waals surface area contributed by atoms with Crippen LogP contribution in [-0.2, 0) is 0 Å². The highest BCUT2D eigenvalue weighted by molar-refractivity contribution is 6.30. The molecule has 2 aromatic heterocycles. The minimum Gasteiger partial charge on any atom is -0.497 e. The Bertz CT molecular complexity index is 2160. The zero-order chi connectivity index (χ0) is 34.5. The average Bonchev–Trinajstić information content (AvgIpc) is 3.55. The van der Waals surface area contributed by atoms with Crippen LogP contribution in [0, 0.1) is 0 Å². The van der Waals surface area contributed by atoms with Crippen LogP contribution in [0.4, 0.5) is 0 Å². The molecule has 0 unspecified atom stereocenters. The smallest absolute Gasteiger partial charge is 0.251 e. The van der Waals surface area contributed by atoms with Gasteiger partial charge in [-0.05, 0) is 115 Å². The molecule has 0 atom stereocenters. The lowest BCUT2D eigenvalue weighted by atomic mass is 9.81. The van der Waals surface area contributed by atoms with E-state index in [1.165, 1.54) is 43.1 Å². The number of nitrogens with two attached hydrogens (primary N) is 1. The maximum absolute atomic E-state index is 13.1. The van der Waals surface area contributed by atoms with Gasteiger partial charge < -0.3 is 20.8 Å². The van der Waals surface area contributed by atoms with E-state index in [1.54, 1.807) is 7.11 Å². The Morgan fingerprint density at radius 2 is 1.70 bits per heavy atom. The van der Waals surface area contributed by atoms with Crippen molar-refractivity contribution in [2.45, 2.75) is 50.9 Å². The molecule has 7 rings (SSSR count). The van der Waals surface area contributed by atoms with Gasteiger partial charge in [0.05, 0.1) is 18.3 Å². The highest BCUT2D eigenvalue weighted by atomic mass is 35.5. The zero-order valence-electron chi connectivity index (χ0n) is 28.5. The molecule has 0 aliphatic heterocycles. The van der Waals surface area contributed by atoms with E-state index in [-0.39, 0.29) is 5.91 Å². The number of aromatic amines is 1. The van der Waals surface area contributed by atoms with Gasteiger partial charge in [-0.25, -0.2) is 4.98 Å². The van der Waals surface area contributed by atoms with Crippen LogP contribution >= 0.6 is 11.6 Å². The Morgan fingerprint density at radius 3 is 2.50 bits per heavy atom. The van der Waals surface area contributed by atoms with E-state index in [0.29, 0.717) is 29.6 Å². The molecule has 2 heterocycles. The Kier molecular flexibility index (Phi) is 10.3. The Labute approximate surface area is 298 Å². The molecule has 50 heavy (non-hydrogen) atoms. The summed E-state index contributed by atoms with van der Waals surface area (Å²) in [5.74, 6) is 1.19. The number of aromatic nitrogens is 2. The molecule has 1 aliphatic rings. The van der Waals surface area contributed by atoms with Gasteiger partial charge in [-0.3, -0.25) is 4.79 Å². The van der Waals surface area contributed by atoms with Crippen LogP contribution in [0.2, 0.25) is 5.02 Å². The Morgan fingerprint density at radius 1 is 0.900 bits per heavy atom. The molecule has 0 saturated heterocycles. The van der Waals surface area contributed by atoms with Crippen LogP contribution in [0.5, 0.6) is 5.75 Å². The van der Waals surface area contributed by atoms with Crippen LogP contribution < -0.4 is 15.8 Å². The third kappa shape index (κ3) is 7.18. The molecule has 4 aromatic carbocycles. The van der Waals surface area contributed by atoms with Crippen molar-refractivity contribution in [3.05, 3.63) is 119 Å². The number of pyridine rings is 1. The molecule has 0 bridgehead atoms. The largest absolute Gasteiger partial charge is 0.497 e. The summed E-state index contributed by atoms with van der Waals surface area (Å²) in [4.78, 5) is 22.0. The lowest BCUT2D eigenvalue weighted by molar-refractivity contribution is 0.0954. The van der Waals surface area contributed by atoms with Crippen molar-refractivity contribution < 1.29 is 9.53 Å². The number of rotatable bonds is 11. The van der Waals surface area contributed by atoms with Crippen LogP contribution in [0.1, 0.15) is 66.8 Å². The Balaban J connectivity index is 1.23. The van der Waals surface area contributed by atoms with Gasteiger partial charge in [-0.2, -0.15) is 0 Å². The maximum Gasteiger partial charge on any atom is 0.251 e. The number of hydrogen-bond donors (Lipinski definition) is 3. The molecule has 0 radical (unpaired) electrons. The highest BCUT2D eigenvalue weighted by Crippen LogP contribution is 2.43. The monoisotopic (exact) mass is 682 g/mol. The first-order valence-corrected chi connectivity index (χ1v) is 18.0. The summed E-state index contributed by atoms with van der Waals surface area (Å²) in [5, 5.41) is 6.03.